The van der Waals surface area contributed by atoms with Crippen LogP contribution in [0.2, 0.25) is 0 Å². The average Bonchev–Trinajstić information content (AvgIpc) is 2.49. The first-order chi connectivity index (χ1) is 10.2. The number of fused-ring (bicyclic) bond motifs is 1. The van der Waals surface area contributed by atoms with Crippen LogP contribution in [0.25, 0.3) is 10.8 Å². The van der Waals surface area contributed by atoms with Gasteiger partial charge < -0.3 is 13.4 Å². The summed E-state index contributed by atoms with van der Waals surface area (Å²) in [6.07, 6.45) is 0. The van der Waals surface area contributed by atoms with E-state index in [9.17, 15) is 4.79 Å². The Bertz CT molecular complexity index is 812. The standard InChI is InChI=1S/C19H16OP.Li/c1-13-7-6-8-15-12-11-14(2)18(17(13)15)19(20)21-16-9-4-3-5-10-16;/h3-12H,1-2H3;/q-1;+1. The zero-order valence-electron chi connectivity index (χ0n) is 13.1. The van der Waals surface area contributed by atoms with E-state index in [2.05, 4.69) is 25.1 Å². The fraction of sp³-hybridized carbons (Fsp3) is 0.105. The van der Waals surface area contributed by atoms with Crippen LogP contribution < -0.4 is 24.2 Å². The predicted octanol–water partition coefficient (Wildman–Crippen LogP) is 1.87. The third-order valence-electron chi connectivity index (χ3n) is 3.66. The molecule has 1 nitrogen and oxygen atoms in total. The number of aryl methyl sites for hydroxylation is 2. The summed E-state index contributed by atoms with van der Waals surface area (Å²) in [6, 6.07) is 20.2. The molecule has 0 spiro atoms. The maximum atomic E-state index is 12.8. The molecule has 0 atom stereocenters. The Balaban J connectivity index is 0.00000176. The molecule has 0 aliphatic heterocycles. The van der Waals surface area contributed by atoms with Gasteiger partial charge in [0.15, 0.2) is 0 Å². The van der Waals surface area contributed by atoms with Gasteiger partial charge in [-0.3, -0.25) is 0 Å². The van der Waals surface area contributed by atoms with Crippen molar-refractivity contribution in [3.63, 3.8) is 0 Å². The molecule has 3 aromatic rings. The number of benzene rings is 3. The Hall–Kier alpha value is -1.38. The van der Waals surface area contributed by atoms with Crippen molar-refractivity contribution in [3.05, 3.63) is 77.4 Å². The molecule has 0 saturated heterocycles. The van der Waals surface area contributed by atoms with Crippen molar-refractivity contribution in [3.8, 4) is 0 Å². The second-order valence-electron chi connectivity index (χ2n) is 5.18. The van der Waals surface area contributed by atoms with E-state index in [-0.39, 0.29) is 24.4 Å². The Morgan fingerprint density at radius 1 is 0.818 bits per heavy atom. The minimum absolute atomic E-state index is 0. The molecule has 0 N–H and O–H groups in total. The summed E-state index contributed by atoms with van der Waals surface area (Å²) in [6.45, 7) is 4.08. The van der Waals surface area contributed by atoms with Crippen LogP contribution in [0.4, 0.5) is 0 Å². The number of carbonyl (C=O) groups excluding carboxylic acids is 1. The first kappa shape index (κ1) is 17.0. The average molecular weight is 298 g/mol. The maximum absolute atomic E-state index is 12.8. The number of carbonyl (C=O) groups is 1. The maximum Gasteiger partial charge on any atom is 1.00 e. The van der Waals surface area contributed by atoms with Gasteiger partial charge in [0, 0.05) is 5.52 Å². The van der Waals surface area contributed by atoms with Crippen LogP contribution in [0.1, 0.15) is 21.5 Å². The van der Waals surface area contributed by atoms with Gasteiger partial charge in [0.05, 0.1) is 0 Å². The van der Waals surface area contributed by atoms with Crippen molar-refractivity contribution in [2.45, 2.75) is 13.8 Å². The Labute approximate surface area is 145 Å². The second kappa shape index (κ2) is 7.25. The molecule has 0 saturated carbocycles. The number of rotatable bonds is 3. The zero-order valence-corrected chi connectivity index (χ0v) is 14.0. The van der Waals surface area contributed by atoms with Crippen LogP contribution in [-0.2, 0) is 0 Å². The molecule has 104 valence electrons. The topological polar surface area (TPSA) is 17.1 Å². The van der Waals surface area contributed by atoms with Crippen molar-refractivity contribution >= 4 is 30.2 Å². The van der Waals surface area contributed by atoms with Gasteiger partial charge in [-0.05, 0) is 41.3 Å². The largest absolute Gasteiger partial charge is 1.00 e. The van der Waals surface area contributed by atoms with E-state index >= 15 is 0 Å². The number of hydrogen-bond acceptors (Lipinski definition) is 1. The quantitative estimate of drug-likeness (QED) is 0.533. The van der Waals surface area contributed by atoms with Crippen LogP contribution >= 0.6 is 8.58 Å². The van der Waals surface area contributed by atoms with Gasteiger partial charge in [-0.15, -0.1) is 0 Å². The van der Waals surface area contributed by atoms with Crippen LogP contribution in [0, 0.1) is 13.8 Å². The molecule has 0 amide bonds. The predicted molar refractivity (Wildman–Crippen MR) is 90.7 cm³/mol. The third-order valence-corrected chi connectivity index (χ3v) is 4.65. The van der Waals surface area contributed by atoms with Gasteiger partial charge >= 0.3 is 18.9 Å². The molecule has 0 aromatic heterocycles. The molecular formula is C19H16LiOP. The van der Waals surface area contributed by atoms with E-state index in [0.717, 1.165) is 41.3 Å². The fourth-order valence-electron chi connectivity index (χ4n) is 2.62. The molecule has 0 bridgehead atoms. The van der Waals surface area contributed by atoms with E-state index in [1.807, 2.05) is 49.4 Å². The molecule has 0 radical (unpaired) electrons. The SMILES string of the molecule is Cc1ccc2cccc(C)c2c1C(=O)[P-]c1ccccc1.[Li+]. The molecule has 3 rings (SSSR count). The monoisotopic (exact) mass is 298 g/mol. The summed E-state index contributed by atoms with van der Waals surface area (Å²) in [5.41, 5.74) is 3.22. The van der Waals surface area contributed by atoms with Gasteiger partial charge in [-0.2, -0.15) is 5.30 Å². The molecule has 0 unspecified atom stereocenters. The van der Waals surface area contributed by atoms with Crippen molar-refractivity contribution in [1.29, 1.82) is 0 Å². The van der Waals surface area contributed by atoms with Crippen molar-refractivity contribution in [2.75, 3.05) is 0 Å². The molecule has 0 fully saturated rings. The summed E-state index contributed by atoms with van der Waals surface area (Å²) in [4.78, 5) is 12.8. The van der Waals surface area contributed by atoms with E-state index in [1.54, 1.807) is 0 Å². The minimum atomic E-state index is 0. The summed E-state index contributed by atoms with van der Waals surface area (Å²) >= 11 is 0. The summed E-state index contributed by atoms with van der Waals surface area (Å²) in [5, 5.41) is 3.26. The van der Waals surface area contributed by atoms with Crippen LogP contribution in [-0.4, -0.2) is 5.52 Å². The van der Waals surface area contributed by atoms with Crippen LogP contribution in [0.5, 0.6) is 0 Å². The van der Waals surface area contributed by atoms with Gasteiger partial charge in [0.25, 0.3) is 0 Å². The smallest absolute Gasteiger partial charge is 0.426 e. The Morgan fingerprint density at radius 3 is 2.27 bits per heavy atom. The molecule has 22 heavy (non-hydrogen) atoms. The van der Waals surface area contributed by atoms with Crippen molar-refractivity contribution in [1.82, 2.24) is 0 Å². The normalized spacial score (nSPS) is 10.8. The van der Waals surface area contributed by atoms with Gasteiger partial charge in [0.1, 0.15) is 0 Å². The van der Waals surface area contributed by atoms with Crippen LogP contribution in [0.3, 0.4) is 0 Å². The number of hydrogen-bond donors (Lipinski definition) is 0. The zero-order chi connectivity index (χ0) is 14.8. The van der Waals surface area contributed by atoms with Crippen LogP contribution in [0.15, 0.2) is 60.7 Å². The van der Waals surface area contributed by atoms with Gasteiger partial charge in [-0.1, -0.05) is 60.7 Å². The summed E-state index contributed by atoms with van der Waals surface area (Å²) in [5.74, 6) is 0. The van der Waals surface area contributed by atoms with Crippen molar-refractivity contribution < 1.29 is 23.7 Å². The van der Waals surface area contributed by atoms with E-state index in [1.165, 1.54) is 0 Å². The minimum Gasteiger partial charge on any atom is -0.426 e. The summed E-state index contributed by atoms with van der Waals surface area (Å²) in [7, 11) is 0.734. The van der Waals surface area contributed by atoms with E-state index < -0.39 is 0 Å². The second-order valence-corrected chi connectivity index (χ2v) is 6.33. The Morgan fingerprint density at radius 2 is 1.55 bits per heavy atom. The van der Waals surface area contributed by atoms with E-state index in [0.29, 0.717) is 0 Å². The van der Waals surface area contributed by atoms with E-state index in [4.69, 9.17) is 0 Å². The molecule has 3 aromatic carbocycles. The molecule has 0 aliphatic rings. The first-order valence-electron chi connectivity index (χ1n) is 6.97. The summed E-state index contributed by atoms with van der Waals surface area (Å²) < 4.78 is 0. The molecular weight excluding hydrogens is 282 g/mol. The van der Waals surface area contributed by atoms with Crippen molar-refractivity contribution in [2.24, 2.45) is 0 Å². The fourth-order valence-corrected chi connectivity index (χ4v) is 3.57. The molecule has 0 aliphatic carbocycles. The Kier molecular flexibility index (Phi) is 5.60. The van der Waals surface area contributed by atoms with Gasteiger partial charge in [-0.25, -0.2) is 0 Å². The van der Waals surface area contributed by atoms with Gasteiger partial charge in [0.2, 0.25) is 0 Å². The first-order valence-corrected chi connectivity index (χ1v) is 7.86. The molecule has 3 heteroatoms. The third kappa shape index (κ3) is 3.34. The molecule has 0 heterocycles.